The van der Waals surface area contributed by atoms with Crippen LogP contribution in [-0.2, 0) is 0 Å². The highest BCUT2D eigenvalue weighted by atomic mass is 35.5. The first kappa shape index (κ1) is 13.0. The van der Waals surface area contributed by atoms with E-state index in [0.717, 1.165) is 9.92 Å². The summed E-state index contributed by atoms with van der Waals surface area (Å²) in [4.78, 5) is 3.73. The van der Waals surface area contributed by atoms with Gasteiger partial charge in [0.25, 0.3) is 0 Å². The molecule has 0 fully saturated rings. The zero-order chi connectivity index (χ0) is 12.3. The lowest BCUT2D eigenvalue weighted by Crippen LogP contribution is -2.07. The minimum absolute atomic E-state index is 0.286. The summed E-state index contributed by atoms with van der Waals surface area (Å²) in [5.41, 5.74) is 5.85. The molecule has 2 rings (SSSR count). The van der Waals surface area contributed by atoms with Crippen molar-refractivity contribution in [3.8, 4) is 0 Å². The number of aryl methyl sites for hydroxylation is 1. The summed E-state index contributed by atoms with van der Waals surface area (Å²) in [6, 6.07) is 12.2. The van der Waals surface area contributed by atoms with Crippen LogP contribution in [0.1, 0.15) is 15.0 Å². The summed E-state index contributed by atoms with van der Waals surface area (Å²) >= 11 is 9.70. The molecule has 1 nitrogen and oxygen atoms in total. The van der Waals surface area contributed by atoms with Crippen LogP contribution in [0.4, 0.5) is 0 Å². The van der Waals surface area contributed by atoms with Gasteiger partial charge in [0.05, 0.1) is 10.3 Å². The van der Waals surface area contributed by atoms with Crippen LogP contribution >= 0.6 is 34.7 Å². The zero-order valence-corrected chi connectivity index (χ0v) is 11.9. The summed E-state index contributed by atoms with van der Waals surface area (Å²) in [5.74, 6) is 0. The Hall–Kier alpha value is -0.480. The molecule has 4 heteroatoms. The lowest BCUT2D eigenvalue weighted by Gasteiger charge is -2.13. The Bertz CT molecular complexity index is 496. The molecule has 1 heterocycles. The number of thiophene rings is 1. The quantitative estimate of drug-likeness (QED) is 0.836. The Balaban J connectivity index is 2.18. The van der Waals surface area contributed by atoms with Gasteiger partial charge >= 0.3 is 0 Å². The predicted octanol–water partition coefficient (Wildman–Crippen LogP) is 4.50. The first-order valence-corrected chi connectivity index (χ1v) is 7.45. The topological polar surface area (TPSA) is 26.0 Å². The lowest BCUT2D eigenvalue weighted by atomic mass is 10.3. The highest BCUT2D eigenvalue weighted by Gasteiger charge is 2.14. The highest BCUT2D eigenvalue weighted by molar-refractivity contribution is 7.99. The van der Waals surface area contributed by atoms with Gasteiger partial charge in [-0.15, -0.1) is 23.1 Å². The van der Waals surface area contributed by atoms with Gasteiger partial charge in [-0.2, -0.15) is 0 Å². The Morgan fingerprint density at radius 2 is 2.06 bits per heavy atom. The van der Waals surface area contributed by atoms with Crippen LogP contribution in [0.3, 0.4) is 0 Å². The van der Waals surface area contributed by atoms with Crippen LogP contribution in [0, 0.1) is 6.92 Å². The van der Waals surface area contributed by atoms with Gasteiger partial charge in [-0.05, 0) is 31.2 Å². The summed E-state index contributed by atoms with van der Waals surface area (Å²) < 4.78 is 0. The van der Waals surface area contributed by atoms with Gasteiger partial charge in [0.1, 0.15) is 0 Å². The third-order valence-electron chi connectivity index (χ3n) is 2.40. The number of thioether (sulfide) groups is 1. The fraction of sp³-hybridized carbons (Fsp3) is 0.231. The molecule has 0 aliphatic rings. The Labute approximate surface area is 115 Å². The third-order valence-corrected chi connectivity index (χ3v) is 5.44. The molecule has 1 aromatic carbocycles. The van der Waals surface area contributed by atoms with E-state index in [2.05, 4.69) is 19.1 Å². The van der Waals surface area contributed by atoms with E-state index in [-0.39, 0.29) is 5.25 Å². The number of nitrogens with two attached hydrogens (primary N) is 1. The van der Waals surface area contributed by atoms with E-state index >= 15 is 0 Å². The first-order chi connectivity index (χ1) is 8.20. The molecule has 0 saturated heterocycles. The van der Waals surface area contributed by atoms with Crippen LogP contribution < -0.4 is 5.73 Å². The maximum atomic E-state index is 6.16. The van der Waals surface area contributed by atoms with Gasteiger partial charge in [-0.25, -0.2) is 0 Å². The molecule has 2 N–H and O–H groups in total. The molecule has 1 atom stereocenters. The van der Waals surface area contributed by atoms with E-state index in [0.29, 0.717) is 6.54 Å². The Morgan fingerprint density at radius 3 is 2.65 bits per heavy atom. The average Bonchev–Trinajstić information content (AvgIpc) is 2.75. The minimum Gasteiger partial charge on any atom is -0.329 e. The fourth-order valence-corrected chi connectivity index (χ4v) is 3.91. The molecule has 0 saturated carbocycles. The second-order valence-corrected chi connectivity index (χ2v) is 6.69. The number of halogens is 1. The van der Waals surface area contributed by atoms with Gasteiger partial charge in [-0.1, -0.05) is 23.7 Å². The summed E-state index contributed by atoms with van der Waals surface area (Å²) in [5, 5.41) is 1.08. The van der Waals surface area contributed by atoms with Crippen LogP contribution in [0.5, 0.6) is 0 Å². The lowest BCUT2D eigenvalue weighted by molar-refractivity contribution is 0.960. The molecule has 0 amide bonds. The van der Waals surface area contributed by atoms with Crippen molar-refractivity contribution in [3.63, 3.8) is 0 Å². The maximum Gasteiger partial charge on any atom is 0.0561 e. The van der Waals surface area contributed by atoms with Crippen LogP contribution in [-0.4, -0.2) is 6.54 Å². The second-order valence-electron chi connectivity index (χ2n) is 3.72. The van der Waals surface area contributed by atoms with E-state index in [1.165, 1.54) is 9.75 Å². The largest absolute Gasteiger partial charge is 0.329 e. The molecule has 0 bridgehead atoms. The van der Waals surface area contributed by atoms with Crippen molar-refractivity contribution in [3.05, 3.63) is 51.2 Å². The molecule has 90 valence electrons. The molecule has 0 aliphatic carbocycles. The monoisotopic (exact) mass is 283 g/mol. The molecule has 0 aliphatic heterocycles. The van der Waals surface area contributed by atoms with E-state index in [4.69, 9.17) is 17.3 Å². The van der Waals surface area contributed by atoms with Crippen molar-refractivity contribution in [1.82, 2.24) is 0 Å². The Kier molecular flexibility index (Phi) is 4.51. The fourth-order valence-electron chi connectivity index (χ4n) is 1.54. The van der Waals surface area contributed by atoms with Gasteiger partial charge in [0, 0.05) is 21.2 Å². The molecule has 1 aromatic heterocycles. The standard InChI is InChI=1S/C13H14ClNS2/c1-9-6-7-12(16-9)13(8-15)17-11-5-3-2-4-10(11)14/h2-7,13H,8,15H2,1H3. The smallest absolute Gasteiger partial charge is 0.0561 e. The zero-order valence-electron chi connectivity index (χ0n) is 9.52. The first-order valence-electron chi connectivity index (χ1n) is 5.38. The number of hydrogen-bond donors (Lipinski definition) is 1. The molecular weight excluding hydrogens is 270 g/mol. The third kappa shape index (κ3) is 3.26. The summed E-state index contributed by atoms with van der Waals surface area (Å²) in [7, 11) is 0. The Morgan fingerprint density at radius 1 is 1.29 bits per heavy atom. The van der Waals surface area contributed by atoms with E-state index in [1.807, 2.05) is 24.3 Å². The summed E-state index contributed by atoms with van der Waals surface area (Å²) in [6.45, 7) is 2.73. The highest BCUT2D eigenvalue weighted by Crippen LogP contribution is 2.40. The molecule has 0 radical (unpaired) electrons. The average molecular weight is 284 g/mol. The molecular formula is C13H14ClNS2. The maximum absolute atomic E-state index is 6.16. The van der Waals surface area contributed by atoms with E-state index in [1.54, 1.807) is 23.1 Å². The van der Waals surface area contributed by atoms with Crippen LogP contribution in [0.15, 0.2) is 41.3 Å². The van der Waals surface area contributed by atoms with Gasteiger partial charge < -0.3 is 5.73 Å². The van der Waals surface area contributed by atoms with Gasteiger partial charge in [-0.3, -0.25) is 0 Å². The van der Waals surface area contributed by atoms with E-state index < -0.39 is 0 Å². The van der Waals surface area contributed by atoms with Crippen molar-refractivity contribution < 1.29 is 0 Å². The molecule has 17 heavy (non-hydrogen) atoms. The predicted molar refractivity (Wildman–Crippen MR) is 78.2 cm³/mol. The van der Waals surface area contributed by atoms with Gasteiger partial charge in [0.15, 0.2) is 0 Å². The molecule has 2 aromatic rings. The van der Waals surface area contributed by atoms with Crippen molar-refractivity contribution in [2.45, 2.75) is 17.1 Å². The van der Waals surface area contributed by atoms with Crippen LogP contribution in [0.25, 0.3) is 0 Å². The van der Waals surface area contributed by atoms with Crippen molar-refractivity contribution in [2.75, 3.05) is 6.54 Å². The van der Waals surface area contributed by atoms with Crippen molar-refractivity contribution >= 4 is 34.7 Å². The number of rotatable bonds is 4. The SMILES string of the molecule is Cc1ccc(C(CN)Sc2ccccc2Cl)s1. The van der Waals surface area contributed by atoms with Gasteiger partial charge in [0.2, 0.25) is 0 Å². The van der Waals surface area contributed by atoms with E-state index in [9.17, 15) is 0 Å². The van der Waals surface area contributed by atoms with Crippen LogP contribution in [0.2, 0.25) is 5.02 Å². The number of benzene rings is 1. The molecule has 0 spiro atoms. The molecule has 1 unspecified atom stereocenters. The normalized spacial score (nSPS) is 12.6. The second kappa shape index (κ2) is 5.91. The van der Waals surface area contributed by atoms with Crippen molar-refractivity contribution in [2.24, 2.45) is 5.73 Å². The number of hydrogen-bond acceptors (Lipinski definition) is 3. The minimum atomic E-state index is 0.286. The van der Waals surface area contributed by atoms with Crippen molar-refractivity contribution in [1.29, 1.82) is 0 Å². The summed E-state index contributed by atoms with van der Waals surface area (Å²) in [6.07, 6.45) is 0.